The molecule has 3 aromatic rings. The molecule has 2 N–H and O–H groups in total. The average Bonchev–Trinajstić information content (AvgIpc) is 2.88. The van der Waals surface area contributed by atoms with Crippen molar-refractivity contribution in [3.63, 3.8) is 0 Å². The maximum absolute atomic E-state index is 12.3. The summed E-state index contributed by atoms with van der Waals surface area (Å²) in [6, 6.07) is 13.9. The molecule has 0 saturated carbocycles. The van der Waals surface area contributed by atoms with Crippen molar-refractivity contribution in [2.24, 2.45) is 0 Å². The first kappa shape index (κ1) is 16.4. The molecular weight excluding hydrogens is 350 g/mol. The lowest BCUT2D eigenvalue weighted by Gasteiger charge is -2.08. The van der Waals surface area contributed by atoms with Gasteiger partial charge in [-0.2, -0.15) is 13.5 Å². The molecule has 0 atom stereocenters. The first-order chi connectivity index (χ1) is 11.3. The zero-order chi connectivity index (χ0) is 17.3. The van der Waals surface area contributed by atoms with Crippen LogP contribution < -0.4 is 9.92 Å². The molecule has 1 aromatic heterocycles. The van der Waals surface area contributed by atoms with E-state index in [9.17, 15) is 8.42 Å². The van der Waals surface area contributed by atoms with Crippen molar-refractivity contribution in [1.82, 2.24) is 9.78 Å². The number of rotatable bonds is 4. The third-order valence-corrected chi connectivity index (χ3v) is 4.76. The largest absolute Gasteiger partial charge is 0.384 e. The summed E-state index contributed by atoms with van der Waals surface area (Å²) >= 11 is 5.77. The highest BCUT2D eigenvalue weighted by Crippen LogP contribution is 2.22. The number of hydrogen-bond donors (Lipinski definition) is 1. The number of aromatic nitrogens is 2. The summed E-state index contributed by atoms with van der Waals surface area (Å²) in [5, 5.41) is 4.74. The van der Waals surface area contributed by atoms with Gasteiger partial charge in [-0.25, -0.2) is 4.68 Å². The topological polar surface area (TPSA) is 87.2 Å². The lowest BCUT2D eigenvalue weighted by atomic mass is 10.3. The summed E-state index contributed by atoms with van der Waals surface area (Å²) in [6.45, 7) is 1.83. The third kappa shape index (κ3) is 3.37. The number of anilines is 1. The number of hydrogen-bond acceptors (Lipinski definition) is 5. The van der Waals surface area contributed by atoms with Crippen LogP contribution in [0.1, 0.15) is 5.69 Å². The first-order valence-corrected chi connectivity index (χ1v) is 8.76. The summed E-state index contributed by atoms with van der Waals surface area (Å²) in [7, 11) is -3.93. The van der Waals surface area contributed by atoms with Crippen molar-refractivity contribution >= 4 is 27.5 Å². The summed E-state index contributed by atoms with van der Waals surface area (Å²) in [5.74, 6) is 0.663. The van der Waals surface area contributed by atoms with Gasteiger partial charge in [0.15, 0.2) is 0 Å². The molecule has 124 valence electrons. The van der Waals surface area contributed by atoms with E-state index in [2.05, 4.69) is 5.10 Å². The van der Waals surface area contributed by atoms with Crippen molar-refractivity contribution in [2.45, 2.75) is 11.8 Å². The van der Waals surface area contributed by atoms with E-state index in [4.69, 9.17) is 21.5 Å². The van der Waals surface area contributed by atoms with Crippen molar-refractivity contribution < 1.29 is 12.6 Å². The molecule has 0 unspecified atom stereocenters. The zero-order valence-electron chi connectivity index (χ0n) is 12.7. The zero-order valence-corrected chi connectivity index (χ0v) is 14.3. The number of nitrogens with two attached hydrogens (primary N) is 1. The minimum atomic E-state index is -3.93. The predicted octanol–water partition coefficient (Wildman–Crippen LogP) is 3.18. The molecule has 2 aromatic carbocycles. The summed E-state index contributed by atoms with van der Waals surface area (Å²) in [5.41, 5.74) is 7.29. The van der Waals surface area contributed by atoms with E-state index in [0.717, 1.165) is 5.69 Å². The Morgan fingerprint density at radius 3 is 2.25 bits per heavy atom. The lowest BCUT2D eigenvalue weighted by molar-refractivity contribution is 0.486. The summed E-state index contributed by atoms with van der Waals surface area (Å²) < 4.78 is 31.2. The van der Waals surface area contributed by atoms with E-state index in [0.29, 0.717) is 16.5 Å². The van der Waals surface area contributed by atoms with Gasteiger partial charge in [0.1, 0.15) is 16.5 Å². The molecule has 24 heavy (non-hydrogen) atoms. The van der Waals surface area contributed by atoms with Gasteiger partial charge in [-0.15, -0.1) is 0 Å². The van der Waals surface area contributed by atoms with Crippen LogP contribution in [0, 0.1) is 6.92 Å². The fourth-order valence-electron chi connectivity index (χ4n) is 2.15. The fourth-order valence-corrected chi connectivity index (χ4v) is 3.20. The molecule has 1 heterocycles. The van der Waals surface area contributed by atoms with Gasteiger partial charge in [-0.3, -0.25) is 0 Å². The molecule has 0 fully saturated rings. The number of aryl methyl sites for hydroxylation is 1. The molecule has 0 bridgehead atoms. The Balaban J connectivity index is 1.86. The van der Waals surface area contributed by atoms with Crippen molar-refractivity contribution in [1.29, 1.82) is 0 Å². The Kier molecular flexibility index (Phi) is 4.21. The molecular formula is C16H14ClN3O3S. The van der Waals surface area contributed by atoms with Gasteiger partial charge in [0.05, 0.1) is 11.4 Å². The van der Waals surface area contributed by atoms with E-state index < -0.39 is 10.1 Å². The van der Waals surface area contributed by atoms with Crippen LogP contribution in [0.25, 0.3) is 5.69 Å². The van der Waals surface area contributed by atoms with Gasteiger partial charge >= 0.3 is 10.1 Å². The SMILES string of the molecule is Cc1cc(N)n(-c2ccc(S(=O)(=O)Oc3ccc(Cl)cc3)cc2)n1. The summed E-state index contributed by atoms with van der Waals surface area (Å²) in [4.78, 5) is 0.0312. The highest BCUT2D eigenvalue weighted by Gasteiger charge is 2.17. The van der Waals surface area contributed by atoms with Crippen LogP contribution in [-0.2, 0) is 10.1 Å². The molecule has 8 heteroatoms. The van der Waals surface area contributed by atoms with Crippen molar-refractivity contribution in [3.8, 4) is 11.4 Å². The van der Waals surface area contributed by atoms with E-state index in [-0.39, 0.29) is 10.6 Å². The quantitative estimate of drug-likeness (QED) is 0.719. The lowest BCUT2D eigenvalue weighted by Crippen LogP contribution is -2.10. The Bertz CT molecular complexity index is 965. The Morgan fingerprint density at radius 2 is 1.71 bits per heavy atom. The first-order valence-electron chi connectivity index (χ1n) is 6.98. The molecule has 0 radical (unpaired) electrons. The third-order valence-electron chi connectivity index (χ3n) is 3.25. The fraction of sp³-hybridized carbons (Fsp3) is 0.0625. The molecule has 3 rings (SSSR count). The van der Waals surface area contributed by atoms with Crippen LogP contribution in [0.15, 0.2) is 59.5 Å². The molecule has 0 aliphatic rings. The van der Waals surface area contributed by atoms with Gasteiger partial charge in [0.2, 0.25) is 0 Å². The second-order valence-electron chi connectivity index (χ2n) is 5.11. The van der Waals surface area contributed by atoms with Crippen LogP contribution >= 0.6 is 11.6 Å². The molecule has 0 aliphatic heterocycles. The van der Waals surface area contributed by atoms with E-state index in [1.165, 1.54) is 28.9 Å². The molecule has 0 amide bonds. The van der Waals surface area contributed by atoms with Crippen LogP contribution in [-0.4, -0.2) is 18.2 Å². The highest BCUT2D eigenvalue weighted by molar-refractivity contribution is 7.87. The number of halogens is 1. The molecule has 6 nitrogen and oxygen atoms in total. The maximum Gasteiger partial charge on any atom is 0.339 e. The monoisotopic (exact) mass is 363 g/mol. The van der Waals surface area contributed by atoms with Gasteiger partial charge in [-0.05, 0) is 55.5 Å². The van der Waals surface area contributed by atoms with Gasteiger partial charge in [-0.1, -0.05) is 11.6 Å². The van der Waals surface area contributed by atoms with Crippen LogP contribution in [0.5, 0.6) is 5.75 Å². The Labute approximate surface area is 144 Å². The maximum atomic E-state index is 12.3. The van der Waals surface area contributed by atoms with E-state index in [1.807, 2.05) is 6.92 Å². The molecule has 0 saturated heterocycles. The average molecular weight is 364 g/mol. The van der Waals surface area contributed by atoms with Crippen molar-refractivity contribution in [3.05, 3.63) is 65.3 Å². The van der Waals surface area contributed by atoms with Gasteiger partial charge < -0.3 is 9.92 Å². The van der Waals surface area contributed by atoms with Crippen LogP contribution in [0.3, 0.4) is 0 Å². The normalized spacial score (nSPS) is 11.4. The second kappa shape index (κ2) is 6.18. The number of benzene rings is 2. The van der Waals surface area contributed by atoms with Gasteiger partial charge in [0, 0.05) is 11.1 Å². The summed E-state index contributed by atoms with van der Waals surface area (Å²) in [6.07, 6.45) is 0. The van der Waals surface area contributed by atoms with Crippen LogP contribution in [0.2, 0.25) is 5.02 Å². The smallest absolute Gasteiger partial charge is 0.339 e. The predicted molar refractivity (Wildman–Crippen MR) is 92.0 cm³/mol. The standard InChI is InChI=1S/C16H14ClN3O3S/c1-11-10-16(18)20(19-11)13-4-8-15(9-5-13)24(21,22)23-14-6-2-12(17)3-7-14/h2-10H,18H2,1H3. The second-order valence-corrected chi connectivity index (χ2v) is 7.09. The highest BCUT2D eigenvalue weighted by atomic mass is 35.5. The number of nitrogens with zero attached hydrogens (tertiary/aromatic N) is 2. The molecule has 0 aliphatic carbocycles. The number of nitrogen functional groups attached to an aromatic ring is 1. The minimum absolute atomic E-state index is 0.0312. The molecule has 0 spiro atoms. The van der Waals surface area contributed by atoms with Gasteiger partial charge in [0.25, 0.3) is 0 Å². The minimum Gasteiger partial charge on any atom is -0.384 e. The Morgan fingerprint density at radius 1 is 1.08 bits per heavy atom. The van der Waals surface area contributed by atoms with Crippen molar-refractivity contribution in [2.75, 3.05) is 5.73 Å². The van der Waals surface area contributed by atoms with E-state index in [1.54, 1.807) is 30.3 Å². The Hall–Kier alpha value is -2.51. The van der Waals surface area contributed by atoms with Crippen LogP contribution in [0.4, 0.5) is 5.82 Å². The van der Waals surface area contributed by atoms with E-state index >= 15 is 0 Å².